The van der Waals surface area contributed by atoms with Crippen LogP contribution < -0.4 is 5.32 Å². The Morgan fingerprint density at radius 2 is 1.44 bits per heavy atom. The number of carbonyl (C=O) groups is 2. The van der Waals surface area contributed by atoms with E-state index in [1.807, 2.05) is 0 Å². The van der Waals surface area contributed by atoms with Gasteiger partial charge in [-0.15, -0.1) is 0 Å². The maximum absolute atomic E-state index is 13.2. The van der Waals surface area contributed by atoms with Gasteiger partial charge in [-0.3, -0.25) is 4.79 Å². The largest absolute Gasteiger partial charge is 0.465 e. The summed E-state index contributed by atoms with van der Waals surface area (Å²) in [4.78, 5) is 25.3. The minimum Gasteiger partial charge on any atom is -0.465 e. The number of rotatable bonds is 3. The van der Waals surface area contributed by atoms with Gasteiger partial charge in [0.15, 0.2) is 0 Å². The number of amides is 2. The number of hydrogen-bond acceptors (Lipinski definition) is 2. The minimum atomic E-state index is -5.11. The Hall–Kier alpha value is -2.66. The number of piperidine rings is 1. The van der Waals surface area contributed by atoms with Gasteiger partial charge in [0.1, 0.15) is 0 Å². The lowest BCUT2D eigenvalue weighted by Gasteiger charge is -2.38. The zero-order valence-electron chi connectivity index (χ0n) is 17.0. The van der Waals surface area contributed by atoms with Crippen molar-refractivity contribution in [2.75, 3.05) is 13.1 Å². The molecule has 2 amide bonds. The first kappa shape index (κ1) is 26.0. The number of carbonyl (C=O) groups excluding carboxylic acids is 1. The van der Waals surface area contributed by atoms with Crippen molar-refractivity contribution in [2.45, 2.75) is 30.7 Å². The predicted molar refractivity (Wildman–Crippen MR) is 111 cm³/mol. The lowest BCUT2D eigenvalue weighted by Crippen LogP contribution is -2.51. The molecule has 2 atom stereocenters. The van der Waals surface area contributed by atoms with E-state index in [2.05, 4.69) is 5.32 Å². The molecule has 1 heterocycles. The molecule has 0 saturated carbocycles. The summed E-state index contributed by atoms with van der Waals surface area (Å²) >= 11 is 12.0. The summed E-state index contributed by atoms with van der Waals surface area (Å²) in [5, 5.41) is 12.3. The topological polar surface area (TPSA) is 69.6 Å². The van der Waals surface area contributed by atoms with E-state index in [0.717, 1.165) is 4.90 Å². The quantitative estimate of drug-likeness (QED) is 0.459. The van der Waals surface area contributed by atoms with Crippen LogP contribution in [0.3, 0.4) is 0 Å². The Kier molecular flexibility index (Phi) is 7.28. The molecule has 3 rings (SSSR count). The predicted octanol–water partition coefficient (Wildman–Crippen LogP) is 6.30. The average molecular weight is 529 g/mol. The van der Waals surface area contributed by atoms with E-state index in [-0.39, 0.29) is 35.6 Å². The number of alkyl halides is 6. The van der Waals surface area contributed by atoms with Crippen LogP contribution in [0.4, 0.5) is 31.1 Å². The SMILES string of the molecule is O=C(N[C@@H]1CCN(C(=O)O)C[C@H]1c1cc(Cl)cc(Cl)c1)c1cc(C(F)(F)F)cc(C(F)(F)F)c1. The van der Waals surface area contributed by atoms with E-state index in [4.69, 9.17) is 23.2 Å². The number of nitrogens with one attached hydrogen (secondary N) is 1. The van der Waals surface area contributed by atoms with Crippen molar-refractivity contribution in [3.05, 3.63) is 68.7 Å². The Balaban J connectivity index is 1.96. The zero-order valence-corrected chi connectivity index (χ0v) is 18.5. The summed E-state index contributed by atoms with van der Waals surface area (Å²) in [5.41, 5.74) is -3.61. The molecular formula is C21H16Cl2F6N2O3. The Labute approximate surface area is 199 Å². The molecule has 0 bridgehead atoms. The van der Waals surface area contributed by atoms with Gasteiger partial charge in [0.2, 0.25) is 0 Å². The molecule has 0 unspecified atom stereocenters. The third kappa shape index (κ3) is 6.06. The molecule has 2 aromatic carbocycles. The van der Waals surface area contributed by atoms with Crippen LogP contribution in [0.1, 0.15) is 39.4 Å². The summed E-state index contributed by atoms with van der Waals surface area (Å²) in [6.07, 6.45) is -11.4. The fourth-order valence-electron chi connectivity index (χ4n) is 3.76. The summed E-state index contributed by atoms with van der Waals surface area (Å²) in [7, 11) is 0. The van der Waals surface area contributed by atoms with Crippen LogP contribution in [0.25, 0.3) is 0 Å². The minimum absolute atomic E-state index is 0.0124. The molecule has 1 aliphatic rings. The summed E-state index contributed by atoms with van der Waals surface area (Å²) in [5.74, 6) is -1.87. The molecule has 0 spiro atoms. The van der Waals surface area contributed by atoms with Gasteiger partial charge in [0.25, 0.3) is 5.91 Å². The van der Waals surface area contributed by atoms with Gasteiger partial charge in [0, 0.05) is 40.7 Å². The van der Waals surface area contributed by atoms with Crippen molar-refractivity contribution < 1.29 is 41.0 Å². The first-order valence-electron chi connectivity index (χ1n) is 9.69. The first-order chi connectivity index (χ1) is 15.6. The number of hydrogen-bond donors (Lipinski definition) is 2. The Bertz CT molecular complexity index is 1050. The number of halogens is 8. The van der Waals surface area contributed by atoms with Gasteiger partial charge in [-0.25, -0.2) is 4.79 Å². The van der Waals surface area contributed by atoms with Crippen LogP contribution in [0, 0.1) is 0 Å². The maximum atomic E-state index is 13.2. The second-order valence-electron chi connectivity index (χ2n) is 7.70. The van der Waals surface area contributed by atoms with Gasteiger partial charge >= 0.3 is 18.4 Å². The van der Waals surface area contributed by atoms with E-state index in [0.29, 0.717) is 17.7 Å². The highest BCUT2D eigenvalue weighted by atomic mass is 35.5. The molecule has 34 heavy (non-hydrogen) atoms. The van der Waals surface area contributed by atoms with Crippen molar-refractivity contribution in [3.8, 4) is 0 Å². The third-order valence-corrected chi connectivity index (χ3v) is 5.80. The van der Waals surface area contributed by atoms with Gasteiger partial charge < -0.3 is 15.3 Å². The molecule has 184 valence electrons. The summed E-state index contributed by atoms with van der Waals surface area (Å²) in [6.45, 7) is -0.116. The average Bonchev–Trinajstić information content (AvgIpc) is 2.71. The molecular weight excluding hydrogens is 513 g/mol. The highest BCUT2D eigenvalue weighted by Crippen LogP contribution is 2.37. The maximum Gasteiger partial charge on any atom is 0.416 e. The van der Waals surface area contributed by atoms with Crippen molar-refractivity contribution in [2.24, 2.45) is 0 Å². The third-order valence-electron chi connectivity index (χ3n) is 5.36. The molecule has 2 aromatic rings. The molecule has 1 fully saturated rings. The highest BCUT2D eigenvalue weighted by Gasteiger charge is 2.38. The van der Waals surface area contributed by atoms with Crippen LogP contribution in [0.5, 0.6) is 0 Å². The molecule has 1 saturated heterocycles. The first-order valence-corrected chi connectivity index (χ1v) is 10.4. The van der Waals surface area contributed by atoms with Crippen molar-refractivity contribution in [1.29, 1.82) is 0 Å². The summed E-state index contributed by atoms with van der Waals surface area (Å²) < 4.78 is 78.9. The molecule has 0 aliphatic carbocycles. The lowest BCUT2D eigenvalue weighted by molar-refractivity contribution is -0.143. The number of likely N-dealkylation sites (tertiary alicyclic amines) is 1. The number of benzene rings is 2. The molecule has 2 N–H and O–H groups in total. The zero-order chi connectivity index (χ0) is 25.4. The summed E-state index contributed by atoms with van der Waals surface area (Å²) in [6, 6.07) is 4.20. The standard InChI is InChI=1S/C21H16Cl2F6N2O3/c22-14-5-10(6-15(23)8-14)16-9-31(19(33)34)2-1-17(16)30-18(32)11-3-12(20(24,25)26)7-13(4-11)21(27,28)29/h3-8,16-17H,1-2,9H2,(H,30,32)(H,33,34)/t16-,17+/m0/s1. The molecule has 5 nitrogen and oxygen atoms in total. The number of nitrogens with zero attached hydrogens (tertiary/aromatic N) is 1. The van der Waals surface area contributed by atoms with Gasteiger partial charge in [-0.1, -0.05) is 23.2 Å². The van der Waals surface area contributed by atoms with Gasteiger partial charge in [-0.05, 0) is 48.4 Å². The van der Waals surface area contributed by atoms with Crippen LogP contribution in [0.15, 0.2) is 36.4 Å². The monoisotopic (exact) mass is 528 g/mol. The van der Waals surface area contributed by atoms with E-state index < -0.39 is 53.0 Å². The van der Waals surface area contributed by atoms with Crippen LogP contribution in [-0.4, -0.2) is 41.1 Å². The van der Waals surface area contributed by atoms with E-state index >= 15 is 0 Å². The normalized spacial score (nSPS) is 19.1. The molecule has 1 aliphatic heterocycles. The fraction of sp³-hybridized carbons (Fsp3) is 0.333. The van der Waals surface area contributed by atoms with Gasteiger partial charge in [-0.2, -0.15) is 26.3 Å². The van der Waals surface area contributed by atoms with Crippen LogP contribution in [-0.2, 0) is 12.4 Å². The smallest absolute Gasteiger partial charge is 0.416 e. The van der Waals surface area contributed by atoms with E-state index in [9.17, 15) is 41.0 Å². The van der Waals surface area contributed by atoms with E-state index in [1.54, 1.807) is 0 Å². The fourth-order valence-corrected chi connectivity index (χ4v) is 4.31. The highest BCUT2D eigenvalue weighted by molar-refractivity contribution is 6.34. The van der Waals surface area contributed by atoms with Crippen molar-refractivity contribution >= 4 is 35.2 Å². The molecule has 0 radical (unpaired) electrons. The van der Waals surface area contributed by atoms with Crippen LogP contribution >= 0.6 is 23.2 Å². The lowest BCUT2D eigenvalue weighted by atomic mass is 9.85. The van der Waals surface area contributed by atoms with Gasteiger partial charge in [0.05, 0.1) is 11.1 Å². The van der Waals surface area contributed by atoms with Crippen molar-refractivity contribution in [1.82, 2.24) is 10.2 Å². The Morgan fingerprint density at radius 1 is 0.912 bits per heavy atom. The van der Waals surface area contributed by atoms with Crippen LogP contribution in [0.2, 0.25) is 10.0 Å². The number of carboxylic acid groups (broad SMARTS) is 1. The molecule has 13 heteroatoms. The second kappa shape index (κ2) is 9.53. The van der Waals surface area contributed by atoms with E-state index in [1.165, 1.54) is 18.2 Å². The molecule has 0 aromatic heterocycles. The Morgan fingerprint density at radius 3 is 1.91 bits per heavy atom. The van der Waals surface area contributed by atoms with Crippen molar-refractivity contribution in [3.63, 3.8) is 0 Å². The second-order valence-corrected chi connectivity index (χ2v) is 8.57.